The van der Waals surface area contributed by atoms with Crippen molar-refractivity contribution in [2.45, 2.75) is 0 Å². The van der Waals surface area contributed by atoms with Crippen molar-refractivity contribution in [3.63, 3.8) is 0 Å². The van der Waals surface area contributed by atoms with E-state index in [1.54, 1.807) is 12.1 Å². The van der Waals surface area contributed by atoms with E-state index in [2.05, 4.69) is 0 Å². The molecule has 0 saturated carbocycles. The van der Waals surface area contributed by atoms with Crippen LogP contribution in [-0.2, 0) is 0 Å². The van der Waals surface area contributed by atoms with Crippen molar-refractivity contribution in [1.29, 1.82) is 0 Å². The fourth-order valence-corrected chi connectivity index (χ4v) is 3.24. The molecule has 2 heterocycles. The minimum absolute atomic E-state index is 0.361. The van der Waals surface area contributed by atoms with Crippen molar-refractivity contribution in [2.24, 2.45) is 0 Å². The van der Waals surface area contributed by atoms with Crippen LogP contribution in [0.5, 0.6) is 0 Å². The molecule has 0 spiro atoms. The Morgan fingerprint density at radius 1 is 0.652 bits per heavy atom. The van der Waals surface area contributed by atoms with Gasteiger partial charge in [0.15, 0.2) is 0 Å². The van der Waals surface area contributed by atoms with Crippen LogP contribution in [0.4, 0.5) is 0 Å². The van der Waals surface area contributed by atoms with E-state index in [0.717, 1.165) is 32.7 Å². The average Bonchev–Trinajstić information content (AvgIpc) is 3.09. The van der Waals surface area contributed by atoms with Crippen LogP contribution in [0.15, 0.2) is 63.4 Å². The molecule has 0 aliphatic carbocycles. The smallest absolute Gasteiger partial charge is 0.456 e. The largest absolute Gasteiger partial charge is 0.492 e. The second kappa shape index (κ2) is 4.38. The van der Waals surface area contributed by atoms with Gasteiger partial charge < -0.3 is 18.9 Å². The Morgan fingerprint density at radius 3 is 2.17 bits per heavy atom. The maximum absolute atomic E-state index is 9.51. The second-order valence-electron chi connectivity index (χ2n) is 5.64. The lowest BCUT2D eigenvalue weighted by molar-refractivity contribution is 0.425. The van der Waals surface area contributed by atoms with Crippen LogP contribution < -0.4 is 5.46 Å². The lowest BCUT2D eigenvalue weighted by Gasteiger charge is -1.98. The van der Waals surface area contributed by atoms with Gasteiger partial charge in [0.05, 0.1) is 0 Å². The third kappa shape index (κ3) is 1.69. The molecule has 0 fully saturated rings. The standard InChI is InChI=1S/C18H11BO4/c20-19(21)14-6-3-5-11-13-9-16-12(8-17(13)23-18(11)14)10-4-1-2-7-15(10)22-16/h1-9,20-21H. The summed E-state index contributed by atoms with van der Waals surface area (Å²) in [6.45, 7) is 0. The van der Waals surface area contributed by atoms with Crippen molar-refractivity contribution < 1.29 is 18.9 Å². The van der Waals surface area contributed by atoms with Gasteiger partial charge in [0, 0.05) is 27.0 Å². The lowest BCUT2D eigenvalue weighted by atomic mass is 9.79. The van der Waals surface area contributed by atoms with Gasteiger partial charge in [-0.3, -0.25) is 0 Å². The van der Waals surface area contributed by atoms with Crippen molar-refractivity contribution >= 4 is 56.5 Å². The van der Waals surface area contributed by atoms with Crippen molar-refractivity contribution in [2.75, 3.05) is 0 Å². The summed E-state index contributed by atoms with van der Waals surface area (Å²) in [5.74, 6) is 0. The molecular formula is C18H11BO4. The fraction of sp³-hybridized carbons (Fsp3) is 0. The van der Waals surface area contributed by atoms with Crippen LogP contribution in [-0.4, -0.2) is 17.2 Å². The summed E-state index contributed by atoms with van der Waals surface area (Å²) < 4.78 is 11.8. The molecule has 0 bridgehead atoms. The van der Waals surface area contributed by atoms with Gasteiger partial charge in [0.1, 0.15) is 22.3 Å². The van der Waals surface area contributed by atoms with Gasteiger partial charge in [-0.1, -0.05) is 36.4 Å². The van der Waals surface area contributed by atoms with E-state index in [0.29, 0.717) is 16.6 Å². The maximum Gasteiger partial charge on any atom is 0.492 e. The van der Waals surface area contributed by atoms with Crippen LogP contribution in [0.25, 0.3) is 43.9 Å². The first kappa shape index (κ1) is 12.8. The van der Waals surface area contributed by atoms with E-state index in [1.165, 1.54) is 0 Å². The third-order valence-corrected chi connectivity index (χ3v) is 4.30. The Bertz CT molecular complexity index is 1200. The summed E-state index contributed by atoms with van der Waals surface area (Å²) in [6, 6.07) is 17.1. The van der Waals surface area contributed by atoms with E-state index in [9.17, 15) is 10.0 Å². The van der Waals surface area contributed by atoms with Crippen LogP contribution in [0.3, 0.4) is 0 Å². The summed E-state index contributed by atoms with van der Waals surface area (Å²) in [7, 11) is -1.57. The molecular weight excluding hydrogens is 291 g/mol. The highest BCUT2D eigenvalue weighted by Crippen LogP contribution is 2.35. The molecule has 5 heteroatoms. The van der Waals surface area contributed by atoms with E-state index >= 15 is 0 Å². The van der Waals surface area contributed by atoms with E-state index < -0.39 is 7.12 Å². The molecule has 2 N–H and O–H groups in total. The predicted octanol–water partition coefficient (Wildman–Crippen LogP) is 3.17. The van der Waals surface area contributed by atoms with Gasteiger partial charge in [0.25, 0.3) is 0 Å². The Labute approximate surface area is 130 Å². The Kier molecular flexibility index (Phi) is 2.43. The van der Waals surface area contributed by atoms with Gasteiger partial charge in [-0.05, 0) is 18.2 Å². The molecule has 0 unspecified atom stereocenters. The summed E-state index contributed by atoms with van der Waals surface area (Å²) >= 11 is 0. The third-order valence-electron chi connectivity index (χ3n) is 4.30. The summed E-state index contributed by atoms with van der Waals surface area (Å²) in [6.07, 6.45) is 0. The Hall–Kier alpha value is -2.76. The average molecular weight is 302 g/mol. The highest BCUT2D eigenvalue weighted by molar-refractivity contribution is 6.61. The van der Waals surface area contributed by atoms with Crippen LogP contribution >= 0.6 is 0 Å². The molecule has 23 heavy (non-hydrogen) atoms. The number of para-hydroxylation sites is 2. The normalized spacial score (nSPS) is 11.9. The number of hydrogen-bond acceptors (Lipinski definition) is 4. The Balaban J connectivity index is 1.96. The zero-order valence-corrected chi connectivity index (χ0v) is 12.0. The number of furan rings is 2. The fourth-order valence-electron chi connectivity index (χ4n) is 3.24. The highest BCUT2D eigenvalue weighted by atomic mass is 16.4. The topological polar surface area (TPSA) is 66.7 Å². The van der Waals surface area contributed by atoms with Crippen molar-refractivity contribution in [3.8, 4) is 0 Å². The first-order chi connectivity index (χ1) is 11.2. The molecule has 0 radical (unpaired) electrons. The molecule has 5 aromatic rings. The summed E-state index contributed by atoms with van der Waals surface area (Å²) in [5.41, 5.74) is 3.18. The van der Waals surface area contributed by atoms with Gasteiger partial charge in [-0.2, -0.15) is 0 Å². The number of rotatable bonds is 1. The second-order valence-corrected chi connectivity index (χ2v) is 5.64. The molecule has 3 aromatic carbocycles. The molecule has 110 valence electrons. The van der Waals surface area contributed by atoms with Gasteiger partial charge in [-0.25, -0.2) is 0 Å². The van der Waals surface area contributed by atoms with Gasteiger partial charge in [0.2, 0.25) is 0 Å². The molecule has 0 saturated heterocycles. The van der Waals surface area contributed by atoms with Crippen LogP contribution in [0.2, 0.25) is 0 Å². The van der Waals surface area contributed by atoms with E-state index in [-0.39, 0.29) is 0 Å². The first-order valence-corrected chi connectivity index (χ1v) is 7.35. The highest BCUT2D eigenvalue weighted by Gasteiger charge is 2.20. The van der Waals surface area contributed by atoms with E-state index in [1.807, 2.05) is 42.5 Å². The molecule has 0 aliphatic heterocycles. The zero-order chi connectivity index (χ0) is 15.6. The van der Waals surface area contributed by atoms with E-state index in [4.69, 9.17) is 8.83 Å². The minimum atomic E-state index is -1.57. The number of benzene rings is 3. The molecule has 0 atom stereocenters. The maximum atomic E-state index is 9.51. The summed E-state index contributed by atoms with van der Waals surface area (Å²) in [4.78, 5) is 0. The summed E-state index contributed by atoms with van der Waals surface area (Å²) in [5, 5.41) is 22.8. The molecule has 5 rings (SSSR count). The first-order valence-electron chi connectivity index (χ1n) is 7.35. The Morgan fingerprint density at radius 2 is 1.35 bits per heavy atom. The van der Waals surface area contributed by atoms with Gasteiger partial charge in [-0.15, -0.1) is 0 Å². The predicted molar refractivity (Wildman–Crippen MR) is 90.8 cm³/mol. The number of fused-ring (bicyclic) bond motifs is 6. The number of hydrogen-bond donors (Lipinski definition) is 2. The van der Waals surface area contributed by atoms with Crippen molar-refractivity contribution in [1.82, 2.24) is 0 Å². The monoisotopic (exact) mass is 302 g/mol. The molecule has 0 amide bonds. The minimum Gasteiger partial charge on any atom is -0.456 e. The molecule has 4 nitrogen and oxygen atoms in total. The SMILES string of the molecule is OB(O)c1cccc2c1oc1cc3c(cc12)oc1ccccc13. The van der Waals surface area contributed by atoms with Gasteiger partial charge >= 0.3 is 7.12 Å². The lowest BCUT2D eigenvalue weighted by Crippen LogP contribution is -2.29. The molecule has 0 aliphatic rings. The van der Waals surface area contributed by atoms with Crippen molar-refractivity contribution in [3.05, 3.63) is 54.6 Å². The van der Waals surface area contributed by atoms with Crippen LogP contribution in [0, 0.1) is 0 Å². The molecule has 2 aromatic heterocycles. The quantitative estimate of drug-likeness (QED) is 0.467. The zero-order valence-electron chi connectivity index (χ0n) is 12.0. The van der Waals surface area contributed by atoms with Crippen LogP contribution in [0.1, 0.15) is 0 Å².